The van der Waals surface area contributed by atoms with Crippen LogP contribution in [-0.2, 0) is 0 Å². The first-order valence-corrected chi connectivity index (χ1v) is 5.22. The molecule has 1 aromatic rings. The molecule has 1 unspecified atom stereocenters. The zero-order valence-corrected chi connectivity index (χ0v) is 8.44. The Hall–Kier alpha value is -0.650. The van der Waals surface area contributed by atoms with E-state index in [1.807, 2.05) is 0 Å². The second-order valence-electron chi connectivity index (χ2n) is 2.77. The SMILES string of the molecule is CSc1c(F)ccc(C(N)CO)c1F. The molecule has 78 valence electrons. The highest BCUT2D eigenvalue weighted by Crippen LogP contribution is 2.27. The summed E-state index contributed by atoms with van der Waals surface area (Å²) in [6.45, 7) is -0.365. The molecule has 0 bridgehead atoms. The number of benzene rings is 1. The topological polar surface area (TPSA) is 46.2 Å². The molecular formula is C9H11F2NOS. The summed E-state index contributed by atoms with van der Waals surface area (Å²) in [6, 6.07) is 1.60. The molecule has 5 heteroatoms. The zero-order chi connectivity index (χ0) is 10.7. The van der Waals surface area contributed by atoms with Crippen LogP contribution >= 0.6 is 11.8 Å². The fourth-order valence-corrected chi connectivity index (χ4v) is 1.68. The molecule has 0 heterocycles. The lowest BCUT2D eigenvalue weighted by Gasteiger charge is -2.12. The lowest BCUT2D eigenvalue weighted by molar-refractivity contribution is 0.264. The second kappa shape index (κ2) is 4.72. The fraction of sp³-hybridized carbons (Fsp3) is 0.333. The van der Waals surface area contributed by atoms with Crippen LogP contribution in [0, 0.1) is 11.6 Å². The average molecular weight is 219 g/mol. The standard InChI is InChI=1S/C9H11F2NOS/c1-14-9-6(10)3-2-5(8(9)11)7(12)4-13/h2-3,7,13H,4,12H2,1H3. The minimum Gasteiger partial charge on any atom is -0.394 e. The first-order chi connectivity index (χ1) is 6.61. The molecule has 0 radical (unpaired) electrons. The quantitative estimate of drug-likeness (QED) is 0.760. The second-order valence-corrected chi connectivity index (χ2v) is 3.59. The third kappa shape index (κ3) is 2.05. The Morgan fingerprint density at radius 1 is 1.50 bits per heavy atom. The molecule has 1 atom stereocenters. The average Bonchev–Trinajstić information content (AvgIpc) is 2.18. The van der Waals surface area contributed by atoms with Gasteiger partial charge in [0, 0.05) is 5.56 Å². The van der Waals surface area contributed by atoms with Crippen molar-refractivity contribution in [2.75, 3.05) is 12.9 Å². The number of thioether (sulfide) groups is 1. The Labute approximate surface area is 85.1 Å². The Bertz CT molecular complexity index is 333. The van der Waals surface area contributed by atoms with Crippen molar-refractivity contribution in [1.29, 1.82) is 0 Å². The minimum atomic E-state index is -0.804. The van der Waals surface area contributed by atoms with Gasteiger partial charge in [0.1, 0.15) is 11.6 Å². The zero-order valence-electron chi connectivity index (χ0n) is 7.63. The van der Waals surface area contributed by atoms with Crippen LogP contribution < -0.4 is 5.73 Å². The van der Waals surface area contributed by atoms with Crippen LogP contribution in [0.25, 0.3) is 0 Å². The van der Waals surface area contributed by atoms with Gasteiger partial charge in [-0.25, -0.2) is 8.78 Å². The summed E-state index contributed by atoms with van der Waals surface area (Å²) in [4.78, 5) is -0.0635. The van der Waals surface area contributed by atoms with Crippen LogP contribution in [0.15, 0.2) is 17.0 Å². The molecule has 0 saturated carbocycles. The number of hydrogen-bond donors (Lipinski definition) is 2. The van der Waals surface area contributed by atoms with E-state index in [-0.39, 0.29) is 17.1 Å². The normalized spacial score (nSPS) is 12.9. The van der Waals surface area contributed by atoms with E-state index in [1.165, 1.54) is 6.07 Å². The smallest absolute Gasteiger partial charge is 0.144 e. The molecule has 0 spiro atoms. The van der Waals surface area contributed by atoms with E-state index in [4.69, 9.17) is 10.8 Å². The summed E-state index contributed by atoms with van der Waals surface area (Å²) in [5.41, 5.74) is 5.58. The molecular weight excluding hydrogens is 208 g/mol. The predicted octanol–water partition coefficient (Wildman–Crippen LogP) is 1.68. The van der Waals surface area contributed by atoms with Crippen molar-refractivity contribution < 1.29 is 13.9 Å². The number of aliphatic hydroxyl groups is 1. The highest BCUT2D eigenvalue weighted by Gasteiger charge is 2.16. The maximum Gasteiger partial charge on any atom is 0.144 e. The van der Waals surface area contributed by atoms with Crippen LogP contribution in [0.2, 0.25) is 0 Å². The van der Waals surface area contributed by atoms with Crippen LogP contribution in [0.4, 0.5) is 8.78 Å². The lowest BCUT2D eigenvalue weighted by atomic mass is 10.1. The van der Waals surface area contributed by atoms with Crippen molar-refractivity contribution in [1.82, 2.24) is 0 Å². The highest BCUT2D eigenvalue weighted by atomic mass is 32.2. The molecule has 0 fully saturated rings. The van der Waals surface area contributed by atoms with Gasteiger partial charge in [-0.05, 0) is 12.3 Å². The van der Waals surface area contributed by atoms with Gasteiger partial charge in [-0.2, -0.15) is 0 Å². The predicted molar refractivity (Wildman–Crippen MR) is 52.2 cm³/mol. The van der Waals surface area contributed by atoms with Gasteiger partial charge in [-0.1, -0.05) is 6.07 Å². The summed E-state index contributed by atoms with van der Waals surface area (Å²) in [7, 11) is 0. The van der Waals surface area contributed by atoms with Gasteiger partial charge in [-0.3, -0.25) is 0 Å². The fourth-order valence-electron chi connectivity index (χ4n) is 1.12. The van der Waals surface area contributed by atoms with Gasteiger partial charge in [0.2, 0.25) is 0 Å². The molecule has 3 N–H and O–H groups in total. The van der Waals surface area contributed by atoms with Gasteiger partial charge in [0.15, 0.2) is 0 Å². The number of nitrogens with two attached hydrogens (primary N) is 1. The van der Waals surface area contributed by atoms with Gasteiger partial charge in [0.05, 0.1) is 17.5 Å². The highest BCUT2D eigenvalue weighted by molar-refractivity contribution is 7.98. The van der Waals surface area contributed by atoms with E-state index >= 15 is 0 Å². The van der Waals surface area contributed by atoms with Crippen molar-refractivity contribution in [3.05, 3.63) is 29.3 Å². The van der Waals surface area contributed by atoms with Gasteiger partial charge < -0.3 is 10.8 Å². The van der Waals surface area contributed by atoms with E-state index < -0.39 is 17.7 Å². The van der Waals surface area contributed by atoms with Crippen molar-refractivity contribution in [2.24, 2.45) is 5.73 Å². The molecule has 0 aliphatic rings. The van der Waals surface area contributed by atoms with E-state index in [1.54, 1.807) is 6.26 Å². The van der Waals surface area contributed by atoms with Gasteiger partial charge in [0.25, 0.3) is 0 Å². The maximum absolute atomic E-state index is 13.5. The first-order valence-electron chi connectivity index (χ1n) is 4.00. The van der Waals surface area contributed by atoms with E-state index in [0.29, 0.717) is 0 Å². The molecule has 1 rings (SSSR count). The number of hydrogen-bond acceptors (Lipinski definition) is 3. The van der Waals surface area contributed by atoms with Crippen LogP contribution in [0.3, 0.4) is 0 Å². The summed E-state index contributed by atoms with van der Waals surface area (Å²) < 4.78 is 26.6. The third-order valence-corrected chi connectivity index (χ3v) is 2.66. The minimum absolute atomic E-state index is 0.0635. The van der Waals surface area contributed by atoms with Gasteiger partial charge in [-0.15, -0.1) is 11.8 Å². The molecule has 0 aliphatic heterocycles. The summed E-state index contributed by atoms with van der Waals surface area (Å²) in [5.74, 6) is -1.29. The van der Waals surface area contributed by atoms with Crippen molar-refractivity contribution in [3.63, 3.8) is 0 Å². The first kappa shape index (κ1) is 11.4. The van der Waals surface area contributed by atoms with E-state index in [2.05, 4.69) is 0 Å². The van der Waals surface area contributed by atoms with Crippen LogP contribution in [0.5, 0.6) is 0 Å². The molecule has 2 nitrogen and oxygen atoms in total. The van der Waals surface area contributed by atoms with Crippen LogP contribution in [-0.4, -0.2) is 18.0 Å². The summed E-state index contributed by atoms with van der Waals surface area (Å²) in [5, 5.41) is 8.75. The molecule has 14 heavy (non-hydrogen) atoms. The summed E-state index contributed by atoms with van der Waals surface area (Å²) in [6.07, 6.45) is 1.58. The Morgan fingerprint density at radius 2 is 2.14 bits per heavy atom. The molecule has 0 amide bonds. The summed E-state index contributed by atoms with van der Waals surface area (Å²) >= 11 is 0.977. The Kier molecular flexibility index (Phi) is 3.86. The molecule has 0 saturated heterocycles. The van der Waals surface area contributed by atoms with E-state index in [0.717, 1.165) is 17.8 Å². The van der Waals surface area contributed by atoms with Crippen molar-refractivity contribution >= 4 is 11.8 Å². The Morgan fingerprint density at radius 3 is 2.64 bits per heavy atom. The Balaban J connectivity index is 3.21. The number of halogens is 2. The van der Waals surface area contributed by atoms with Crippen molar-refractivity contribution in [2.45, 2.75) is 10.9 Å². The van der Waals surface area contributed by atoms with Crippen molar-refractivity contribution in [3.8, 4) is 0 Å². The van der Waals surface area contributed by atoms with Gasteiger partial charge >= 0.3 is 0 Å². The lowest BCUT2D eigenvalue weighted by Crippen LogP contribution is -2.16. The van der Waals surface area contributed by atoms with Crippen LogP contribution in [0.1, 0.15) is 11.6 Å². The number of aliphatic hydroxyl groups excluding tert-OH is 1. The molecule has 1 aromatic carbocycles. The third-order valence-electron chi connectivity index (χ3n) is 1.88. The monoisotopic (exact) mass is 219 g/mol. The largest absolute Gasteiger partial charge is 0.394 e. The molecule has 0 aromatic heterocycles. The molecule has 0 aliphatic carbocycles. The van der Waals surface area contributed by atoms with E-state index in [9.17, 15) is 8.78 Å². The maximum atomic E-state index is 13.5. The number of rotatable bonds is 3.